The lowest BCUT2D eigenvalue weighted by Gasteiger charge is -1.96. The fraction of sp³-hybridized carbons (Fsp3) is 0.125. The quantitative estimate of drug-likeness (QED) is 0.392. The lowest BCUT2D eigenvalue weighted by molar-refractivity contribution is -0.633. The van der Waals surface area contributed by atoms with Crippen LogP contribution in [-0.2, 0) is 13.6 Å². The Morgan fingerprint density at radius 2 is 2.10 bits per heavy atom. The van der Waals surface area contributed by atoms with Crippen LogP contribution in [-0.4, -0.2) is 14.0 Å². The van der Waals surface area contributed by atoms with Crippen LogP contribution in [0.4, 0.5) is 0 Å². The van der Waals surface area contributed by atoms with Crippen LogP contribution in [0.25, 0.3) is 27.9 Å². The highest BCUT2D eigenvalue weighted by Gasteiger charge is 2.34. The number of pyridine rings is 2. The third-order valence-corrected chi connectivity index (χ3v) is 4.28. The number of aromatic nitrogens is 4. The number of fused-ring (bicyclic) bond motifs is 7. The van der Waals surface area contributed by atoms with Crippen molar-refractivity contribution in [1.29, 1.82) is 0 Å². The van der Waals surface area contributed by atoms with E-state index in [-0.39, 0.29) is 0 Å². The number of rotatable bonds is 0. The molecule has 20 heavy (non-hydrogen) atoms. The normalized spacial score (nSPS) is 13.1. The summed E-state index contributed by atoms with van der Waals surface area (Å²) in [5.41, 5.74) is 6.22. The van der Waals surface area contributed by atoms with Gasteiger partial charge in [0.15, 0.2) is 11.0 Å². The molecular weight excluding hydrogens is 248 g/mol. The molecule has 96 valence electrons. The Labute approximate surface area is 115 Å². The SMILES string of the molecule is C[n+]1c2n(c3cn4ccccc4c31)Cc1ncccc1-2. The van der Waals surface area contributed by atoms with Gasteiger partial charge in [0, 0.05) is 12.4 Å². The molecule has 0 bridgehead atoms. The highest BCUT2D eigenvalue weighted by molar-refractivity contribution is 5.91. The molecule has 5 rings (SSSR count). The van der Waals surface area contributed by atoms with Crippen molar-refractivity contribution in [2.24, 2.45) is 7.05 Å². The van der Waals surface area contributed by atoms with Gasteiger partial charge in [0.1, 0.15) is 6.54 Å². The minimum Gasteiger partial charge on any atom is -0.316 e. The van der Waals surface area contributed by atoms with Crippen molar-refractivity contribution in [3.8, 4) is 11.4 Å². The number of aryl methyl sites for hydroxylation is 1. The summed E-state index contributed by atoms with van der Waals surface area (Å²) in [7, 11) is 2.14. The second kappa shape index (κ2) is 3.28. The van der Waals surface area contributed by atoms with Crippen LogP contribution in [0, 0.1) is 0 Å². The van der Waals surface area contributed by atoms with Gasteiger partial charge in [0.2, 0.25) is 0 Å². The van der Waals surface area contributed by atoms with Crippen molar-refractivity contribution < 1.29 is 4.57 Å². The topological polar surface area (TPSA) is 26.1 Å². The van der Waals surface area contributed by atoms with Gasteiger partial charge in [-0.25, -0.2) is 9.13 Å². The molecular formula is C16H13N4+. The summed E-state index contributed by atoms with van der Waals surface area (Å²) in [5.74, 6) is 1.25. The van der Waals surface area contributed by atoms with Gasteiger partial charge in [-0.05, 0) is 24.3 Å². The van der Waals surface area contributed by atoms with Gasteiger partial charge in [-0.3, -0.25) is 4.98 Å². The molecule has 0 fully saturated rings. The van der Waals surface area contributed by atoms with Crippen LogP contribution in [0.5, 0.6) is 0 Å². The molecule has 0 unspecified atom stereocenters. The van der Waals surface area contributed by atoms with E-state index in [1.807, 2.05) is 12.3 Å². The van der Waals surface area contributed by atoms with E-state index in [1.54, 1.807) is 0 Å². The minimum absolute atomic E-state index is 0.861. The van der Waals surface area contributed by atoms with Crippen LogP contribution >= 0.6 is 0 Å². The summed E-state index contributed by atoms with van der Waals surface area (Å²) in [5, 5.41) is 0. The summed E-state index contributed by atoms with van der Waals surface area (Å²) in [4.78, 5) is 4.51. The summed E-state index contributed by atoms with van der Waals surface area (Å²) in [6.07, 6.45) is 6.18. The zero-order valence-corrected chi connectivity index (χ0v) is 11.1. The Hall–Kier alpha value is -2.62. The van der Waals surface area contributed by atoms with Gasteiger partial charge in [0.25, 0.3) is 5.82 Å². The van der Waals surface area contributed by atoms with Crippen molar-refractivity contribution in [2.45, 2.75) is 6.54 Å². The lowest BCUT2D eigenvalue weighted by atomic mass is 10.2. The van der Waals surface area contributed by atoms with Gasteiger partial charge >= 0.3 is 0 Å². The minimum atomic E-state index is 0.861. The molecule has 4 aromatic rings. The van der Waals surface area contributed by atoms with Gasteiger partial charge in [-0.2, -0.15) is 0 Å². The third kappa shape index (κ3) is 1.04. The van der Waals surface area contributed by atoms with Crippen LogP contribution < -0.4 is 4.57 Å². The van der Waals surface area contributed by atoms with Crippen molar-refractivity contribution in [3.05, 3.63) is 54.6 Å². The van der Waals surface area contributed by atoms with E-state index in [0.29, 0.717) is 0 Å². The molecule has 0 N–H and O–H groups in total. The fourth-order valence-corrected chi connectivity index (χ4v) is 3.44. The molecule has 0 spiro atoms. The highest BCUT2D eigenvalue weighted by atomic mass is 15.2. The predicted molar refractivity (Wildman–Crippen MR) is 76.4 cm³/mol. The number of hydrogen-bond acceptors (Lipinski definition) is 1. The molecule has 0 saturated heterocycles. The molecule has 5 heterocycles. The molecule has 1 aliphatic rings. The Kier molecular flexibility index (Phi) is 1.67. The highest BCUT2D eigenvalue weighted by Crippen LogP contribution is 2.33. The molecule has 4 nitrogen and oxygen atoms in total. The van der Waals surface area contributed by atoms with E-state index < -0.39 is 0 Å². The molecule has 4 aromatic heterocycles. The Morgan fingerprint density at radius 3 is 3.05 bits per heavy atom. The molecule has 0 atom stereocenters. The van der Waals surface area contributed by atoms with Crippen LogP contribution in [0.3, 0.4) is 0 Å². The van der Waals surface area contributed by atoms with Gasteiger partial charge < -0.3 is 4.40 Å². The second-order valence-corrected chi connectivity index (χ2v) is 5.32. The lowest BCUT2D eigenvalue weighted by Crippen LogP contribution is -2.29. The Bertz CT molecular complexity index is 990. The van der Waals surface area contributed by atoms with Gasteiger partial charge in [0.05, 0.1) is 30.0 Å². The Balaban J connectivity index is 1.98. The van der Waals surface area contributed by atoms with E-state index in [9.17, 15) is 0 Å². The Morgan fingerprint density at radius 1 is 1.15 bits per heavy atom. The maximum Gasteiger partial charge on any atom is 0.292 e. The molecule has 0 saturated carbocycles. The molecule has 0 aromatic carbocycles. The zero-order chi connectivity index (χ0) is 13.3. The van der Waals surface area contributed by atoms with Crippen molar-refractivity contribution in [3.63, 3.8) is 0 Å². The van der Waals surface area contributed by atoms with Crippen LogP contribution in [0.2, 0.25) is 0 Å². The number of imidazole rings is 1. The maximum atomic E-state index is 4.51. The van der Waals surface area contributed by atoms with Crippen molar-refractivity contribution >= 4 is 16.6 Å². The van der Waals surface area contributed by atoms with E-state index in [1.165, 1.54) is 27.9 Å². The first-order valence-corrected chi connectivity index (χ1v) is 6.77. The molecule has 1 aliphatic heterocycles. The first kappa shape index (κ1) is 10.2. The number of hydrogen-bond donors (Lipinski definition) is 0. The average Bonchev–Trinajstić information content (AvgIpc) is 3.10. The largest absolute Gasteiger partial charge is 0.316 e. The van der Waals surface area contributed by atoms with Crippen molar-refractivity contribution in [2.75, 3.05) is 0 Å². The smallest absolute Gasteiger partial charge is 0.292 e. The fourth-order valence-electron chi connectivity index (χ4n) is 3.44. The molecule has 0 aliphatic carbocycles. The average molecular weight is 261 g/mol. The summed E-state index contributed by atoms with van der Waals surface area (Å²) >= 11 is 0. The van der Waals surface area contributed by atoms with E-state index in [2.05, 4.69) is 62.2 Å². The van der Waals surface area contributed by atoms with E-state index >= 15 is 0 Å². The standard InChI is InChI=1S/C16H13N4/c1-18-15-13-6-2-3-8-19(13)10-14(15)20-9-12-11(16(18)20)5-4-7-17-12/h2-8,10H,9H2,1H3/q+1. The maximum absolute atomic E-state index is 4.51. The third-order valence-electron chi connectivity index (χ3n) is 4.28. The van der Waals surface area contributed by atoms with Gasteiger partial charge in [-0.15, -0.1) is 0 Å². The first-order chi connectivity index (χ1) is 9.84. The van der Waals surface area contributed by atoms with E-state index in [0.717, 1.165) is 12.2 Å². The monoisotopic (exact) mass is 261 g/mol. The van der Waals surface area contributed by atoms with Gasteiger partial charge in [-0.1, -0.05) is 6.07 Å². The predicted octanol–water partition coefficient (Wildman–Crippen LogP) is 2.14. The summed E-state index contributed by atoms with van der Waals surface area (Å²) in [6.45, 7) is 0.861. The first-order valence-electron chi connectivity index (χ1n) is 6.77. The number of nitrogens with zero attached hydrogens (tertiary/aromatic N) is 4. The molecule has 0 radical (unpaired) electrons. The van der Waals surface area contributed by atoms with Crippen molar-refractivity contribution in [1.82, 2.24) is 14.0 Å². The zero-order valence-electron chi connectivity index (χ0n) is 11.1. The van der Waals surface area contributed by atoms with E-state index in [4.69, 9.17) is 0 Å². The summed E-state index contributed by atoms with van der Waals surface area (Å²) < 4.78 is 6.84. The summed E-state index contributed by atoms with van der Waals surface area (Å²) in [6, 6.07) is 10.5. The van der Waals surface area contributed by atoms with Crippen LogP contribution in [0.15, 0.2) is 48.9 Å². The van der Waals surface area contributed by atoms with Crippen LogP contribution in [0.1, 0.15) is 5.69 Å². The second-order valence-electron chi connectivity index (χ2n) is 5.32. The molecule has 0 amide bonds. The molecule has 4 heteroatoms.